The SMILES string of the molecule is CC(C)[C@@H](CO)Nc1nc(Nc2ccc(Br)cc2F)cc(-c2ccccn2)n1. The second-order valence-corrected chi connectivity index (χ2v) is 7.52. The fourth-order valence-electron chi connectivity index (χ4n) is 2.54. The minimum Gasteiger partial charge on any atom is -0.394 e. The Hall–Kier alpha value is -2.58. The fraction of sp³-hybridized carbons (Fsp3) is 0.250. The Kier molecular flexibility index (Phi) is 6.53. The highest BCUT2D eigenvalue weighted by Gasteiger charge is 2.16. The number of benzene rings is 1. The molecule has 1 aromatic carbocycles. The molecule has 28 heavy (non-hydrogen) atoms. The molecule has 3 rings (SSSR count). The summed E-state index contributed by atoms with van der Waals surface area (Å²) in [6, 6.07) is 11.8. The van der Waals surface area contributed by atoms with Crippen LogP contribution in [-0.2, 0) is 0 Å². The summed E-state index contributed by atoms with van der Waals surface area (Å²) >= 11 is 3.25. The van der Waals surface area contributed by atoms with Crippen molar-refractivity contribution in [2.45, 2.75) is 19.9 Å². The molecule has 6 nitrogen and oxygen atoms in total. The lowest BCUT2D eigenvalue weighted by Crippen LogP contribution is -2.30. The Bertz CT molecular complexity index is 939. The Balaban J connectivity index is 1.99. The summed E-state index contributed by atoms with van der Waals surface area (Å²) < 4.78 is 14.9. The van der Waals surface area contributed by atoms with Crippen molar-refractivity contribution in [2.75, 3.05) is 17.2 Å². The average Bonchev–Trinajstić information content (AvgIpc) is 2.68. The van der Waals surface area contributed by atoms with Crippen LogP contribution in [0.3, 0.4) is 0 Å². The van der Waals surface area contributed by atoms with E-state index in [0.29, 0.717) is 33.3 Å². The van der Waals surface area contributed by atoms with Crippen molar-refractivity contribution in [3.8, 4) is 11.4 Å². The van der Waals surface area contributed by atoms with Crippen LogP contribution in [0.1, 0.15) is 13.8 Å². The van der Waals surface area contributed by atoms with Gasteiger partial charge in [-0.25, -0.2) is 9.37 Å². The normalized spacial score (nSPS) is 12.1. The molecule has 2 aromatic heterocycles. The first-order chi connectivity index (χ1) is 13.5. The van der Waals surface area contributed by atoms with Crippen LogP contribution in [0.2, 0.25) is 0 Å². The molecule has 0 unspecified atom stereocenters. The fourth-order valence-corrected chi connectivity index (χ4v) is 2.87. The van der Waals surface area contributed by atoms with Gasteiger partial charge in [0, 0.05) is 16.7 Å². The highest BCUT2D eigenvalue weighted by atomic mass is 79.9. The van der Waals surface area contributed by atoms with Crippen LogP contribution < -0.4 is 10.6 Å². The van der Waals surface area contributed by atoms with Crippen LogP contribution >= 0.6 is 15.9 Å². The molecule has 3 N–H and O–H groups in total. The number of hydrogen-bond donors (Lipinski definition) is 3. The van der Waals surface area contributed by atoms with Gasteiger partial charge in [-0.05, 0) is 36.2 Å². The van der Waals surface area contributed by atoms with E-state index < -0.39 is 5.82 Å². The van der Waals surface area contributed by atoms with Gasteiger partial charge in [0.2, 0.25) is 5.95 Å². The third kappa shape index (κ3) is 5.02. The van der Waals surface area contributed by atoms with Crippen LogP contribution in [0.5, 0.6) is 0 Å². The Labute approximate surface area is 171 Å². The van der Waals surface area contributed by atoms with Crippen molar-refractivity contribution in [2.24, 2.45) is 5.92 Å². The van der Waals surface area contributed by atoms with Gasteiger partial charge in [-0.3, -0.25) is 4.98 Å². The van der Waals surface area contributed by atoms with Crippen LogP contribution in [0.15, 0.2) is 53.1 Å². The Morgan fingerprint density at radius 2 is 1.93 bits per heavy atom. The number of hydrogen-bond acceptors (Lipinski definition) is 6. The summed E-state index contributed by atoms with van der Waals surface area (Å²) in [5.74, 6) is 0.514. The van der Waals surface area contributed by atoms with Crippen LogP contribution in [0, 0.1) is 11.7 Å². The van der Waals surface area contributed by atoms with E-state index in [1.54, 1.807) is 24.4 Å². The molecule has 1 atom stereocenters. The van der Waals surface area contributed by atoms with Gasteiger partial charge in [0.1, 0.15) is 11.6 Å². The van der Waals surface area contributed by atoms with Gasteiger partial charge < -0.3 is 15.7 Å². The first-order valence-corrected chi connectivity index (χ1v) is 9.65. The molecular weight excluding hydrogens is 425 g/mol. The summed E-state index contributed by atoms with van der Waals surface area (Å²) in [6.07, 6.45) is 1.68. The monoisotopic (exact) mass is 445 g/mol. The highest BCUT2D eigenvalue weighted by Crippen LogP contribution is 2.26. The lowest BCUT2D eigenvalue weighted by atomic mass is 10.1. The van der Waals surface area contributed by atoms with Crippen molar-refractivity contribution < 1.29 is 9.50 Å². The van der Waals surface area contributed by atoms with Crippen molar-refractivity contribution in [1.82, 2.24) is 15.0 Å². The van der Waals surface area contributed by atoms with E-state index in [1.807, 2.05) is 32.0 Å². The minimum absolute atomic E-state index is 0.0566. The lowest BCUT2D eigenvalue weighted by Gasteiger charge is -2.20. The smallest absolute Gasteiger partial charge is 0.225 e. The van der Waals surface area contributed by atoms with Gasteiger partial charge in [0.15, 0.2) is 0 Å². The Morgan fingerprint density at radius 3 is 2.57 bits per heavy atom. The van der Waals surface area contributed by atoms with Gasteiger partial charge in [-0.15, -0.1) is 0 Å². The molecular formula is C20H21BrFN5O. The van der Waals surface area contributed by atoms with Crippen LogP contribution in [-0.4, -0.2) is 32.7 Å². The van der Waals surface area contributed by atoms with Gasteiger partial charge in [0.05, 0.1) is 29.7 Å². The van der Waals surface area contributed by atoms with Crippen molar-refractivity contribution in [3.05, 3.63) is 59.0 Å². The summed E-state index contributed by atoms with van der Waals surface area (Å²) in [6.45, 7) is 3.93. The maximum Gasteiger partial charge on any atom is 0.225 e. The van der Waals surface area contributed by atoms with Crippen LogP contribution in [0.25, 0.3) is 11.4 Å². The summed E-state index contributed by atoms with van der Waals surface area (Å²) in [5.41, 5.74) is 1.54. The number of aliphatic hydroxyl groups excluding tert-OH is 1. The maximum atomic E-state index is 14.2. The van der Waals surface area contributed by atoms with Gasteiger partial charge in [-0.1, -0.05) is 35.8 Å². The number of anilines is 3. The largest absolute Gasteiger partial charge is 0.394 e. The van der Waals surface area contributed by atoms with E-state index in [4.69, 9.17) is 0 Å². The second-order valence-electron chi connectivity index (χ2n) is 6.60. The summed E-state index contributed by atoms with van der Waals surface area (Å²) in [4.78, 5) is 13.3. The average molecular weight is 446 g/mol. The Morgan fingerprint density at radius 1 is 1.11 bits per heavy atom. The number of aromatic nitrogens is 3. The van der Waals surface area contributed by atoms with E-state index in [0.717, 1.165) is 0 Å². The molecule has 0 aliphatic rings. The number of aliphatic hydroxyl groups is 1. The molecule has 8 heteroatoms. The minimum atomic E-state index is -0.405. The zero-order chi connectivity index (χ0) is 20.1. The van der Waals surface area contributed by atoms with E-state index in [2.05, 4.69) is 41.5 Å². The van der Waals surface area contributed by atoms with E-state index in [9.17, 15) is 9.50 Å². The first-order valence-electron chi connectivity index (χ1n) is 8.86. The number of rotatable bonds is 7. The maximum absolute atomic E-state index is 14.2. The number of pyridine rings is 1. The molecule has 146 valence electrons. The molecule has 2 heterocycles. The van der Waals surface area contributed by atoms with Crippen molar-refractivity contribution >= 4 is 33.4 Å². The number of nitrogens with zero attached hydrogens (tertiary/aromatic N) is 3. The van der Waals surface area contributed by atoms with Gasteiger partial charge in [0.25, 0.3) is 0 Å². The molecule has 0 fully saturated rings. The molecule has 0 aliphatic carbocycles. The van der Waals surface area contributed by atoms with Gasteiger partial charge in [-0.2, -0.15) is 4.98 Å². The molecule has 0 spiro atoms. The quantitative estimate of drug-likeness (QED) is 0.492. The first kappa shape index (κ1) is 20.2. The van der Waals surface area contributed by atoms with Crippen LogP contribution in [0.4, 0.5) is 21.8 Å². The van der Waals surface area contributed by atoms with Crippen molar-refractivity contribution in [3.63, 3.8) is 0 Å². The molecule has 0 amide bonds. The van der Waals surface area contributed by atoms with E-state index in [-0.39, 0.29) is 18.6 Å². The van der Waals surface area contributed by atoms with Crippen molar-refractivity contribution in [1.29, 1.82) is 0 Å². The zero-order valence-corrected chi connectivity index (χ0v) is 17.1. The number of halogens is 2. The molecule has 3 aromatic rings. The molecule has 0 radical (unpaired) electrons. The number of nitrogens with one attached hydrogen (secondary N) is 2. The predicted molar refractivity (Wildman–Crippen MR) is 112 cm³/mol. The topological polar surface area (TPSA) is 83.0 Å². The zero-order valence-electron chi connectivity index (χ0n) is 15.5. The third-order valence-corrected chi connectivity index (χ3v) is 4.66. The molecule has 0 saturated carbocycles. The predicted octanol–water partition coefficient (Wildman–Crippen LogP) is 4.61. The standard InChI is InChI=1S/C20H21BrFN5O/c1-12(2)18(11-28)26-20-25-17(16-5-3-4-8-23-16)10-19(27-20)24-15-7-6-13(21)9-14(15)22/h3-10,12,18,28H,11H2,1-2H3,(H2,24,25,26,27)/t18-/m1/s1. The van der Waals surface area contributed by atoms with E-state index in [1.165, 1.54) is 6.07 Å². The highest BCUT2D eigenvalue weighted by molar-refractivity contribution is 9.10. The summed E-state index contributed by atoms with van der Waals surface area (Å²) in [5, 5.41) is 15.8. The molecule has 0 saturated heterocycles. The van der Waals surface area contributed by atoms with Gasteiger partial charge >= 0.3 is 0 Å². The molecule has 0 aliphatic heterocycles. The molecule has 0 bridgehead atoms. The van der Waals surface area contributed by atoms with E-state index >= 15 is 0 Å². The second kappa shape index (κ2) is 9.07. The summed E-state index contributed by atoms with van der Waals surface area (Å²) in [7, 11) is 0. The lowest BCUT2D eigenvalue weighted by molar-refractivity contribution is 0.248. The third-order valence-electron chi connectivity index (χ3n) is 4.16.